The molecule has 1 aliphatic rings. The number of ether oxygens (including phenoxy) is 2. The van der Waals surface area contributed by atoms with Gasteiger partial charge in [-0.3, -0.25) is 0 Å². The Morgan fingerprint density at radius 1 is 1.29 bits per heavy atom. The molecule has 5 nitrogen and oxygen atoms in total. The summed E-state index contributed by atoms with van der Waals surface area (Å²) >= 11 is 0. The highest BCUT2D eigenvalue weighted by Gasteiger charge is 2.16. The minimum atomic E-state index is -0.174. The third-order valence-electron chi connectivity index (χ3n) is 3.35. The van der Waals surface area contributed by atoms with Gasteiger partial charge in [-0.05, 0) is 42.9 Å². The summed E-state index contributed by atoms with van der Waals surface area (Å²) < 4.78 is 10.4. The molecule has 0 unspecified atom stereocenters. The summed E-state index contributed by atoms with van der Waals surface area (Å²) in [5.74, 6) is 2.07. The van der Waals surface area contributed by atoms with Crippen LogP contribution in [0.5, 0.6) is 11.5 Å². The van der Waals surface area contributed by atoms with Crippen LogP contribution in [0.4, 0.5) is 4.79 Å². The van der Waals surface area contributed by atoms with Crippen LogP contribution in [0.3, 0.4) is 0 Å². The number of benzene rings is 1. The van der Waals surface area contributed by atoms with Crippen molar-refractivity contribution in [1.29, 1.82) is 0 Å². The highest BCUT2D eigenvalue weighted by atomic mass is 16.5. The molecule has 0 saturated heterocycles. The number of methoxy groups -OCH3 is 2. The molecule has 1 saturated carbocycles. The van der Waals surface area contributed by atoms with Gasteiger partial charge in [-0.1, -0.05) is 12.1 Å². The molecule has 0 bridgehead atoms. The molecule has 0 heterocycles. The Labute approximate surface area is 125 Å². The van der Waals surface area contributed by atoms with Crippen LogP contribution < -0.4 is 20.1 Å². The number of urea groups is 1. The van der Waals surface area contributed by atoms with E-state index in [0.29, 0.717) is 24.0 Å². The van der Waals surface area contributed by atoms with Crippen LogP contribution in [0.2, 0.25) is 0 Å². The fourth-order valence-corrected chi connectivity index (χ4v) is 1.96. The summed E-state index contributed by atoms with van der Waals surface area (Å²) in [7, 11) is 3.22. The van der Waals surface area contributed by atoms with Gasteiger partial charge in [-0.2, -0.15) is 0 Å². The van der Waals surface area contributed by atoms with Crippen molar-refractivity contribution in [3.05, 3.63) is 36.0 Å². The monoisotopic (exact) mass is 290 g/mol. The van der Waals surface area contributed by atoms with Gasteiger partial charge in [0.25, 0.3) is 0 Å². The first-order valence-corrected chi connectivity index (χ1v) is 7.15. The highest BCUT2D eigenvalue weighted by Crippen LogP contribution is 2.29. The molecule has 1 fully saturated rings. The van der Waals surface area contributed by atoms with Crippen molar-refractivity contribution >= 4 is 6.03 Å². The van der Waals surface area contributed by atoms with E-state index in [0.717, 1.165) is 12.0 Å². The van der Waals surface area contributed by atoms with E-state index < -0.39 is 0 Å². The van der Waals surface area contributed by atoms with Crippen LogP contribution in [-0.2, 0) is 6.42 Å². The highest BCUT2D eigenvalue weighted by molar-refractivity contribution is 5.74. The van der Waals surface area contributed by atoms with Gasteiger partial charge in [-0.25, -0.2) is 4.79 Å². The zero-order valence-corrected chi connectivity index (χ0v) is 12.5. The van der Waals surface area contributed by atoms with Crippen LogP contribution >= 0.6 is 0 Å². The minimum Gasteiger partial charge on any atom is -0.493 e. The number of carbonyl (C=O) groups is 1. The van der Waals surface area contributed by atoms with E-state index in [9.17, 15) is 4.79 Å². The lowest BCUT2D eigenvalue weighted by atomic mass is 10.1. The van der Waals surface area contributed by atoms with E-state index in [4.69, 9.17) is 9.47 Å². The van der Waals surface area contributed by atoms with Gasteiger partial charge >= 0.3 is 6.03 Å². The van der Waals surface area contributed by atoms with E-state index in [1.54, 1.807) is 20.4 Å². The standard InChI is InChI=1S/C16H22N2O3/c1-20-14-6-5-13(11-15(14)21-2)8-10-18-16(19)17-9-7-12-3-4-12/h5-7,9,11-12H,3-4,8,10H2,1-2H3,(H2,17,18,19)/b9-7+. The lowest BCUT2D eigenvalue weighted by Crippen LogP contribution is -2.33. The molecule has 0 spiro atoms. The van der Waals surface area contributed by atoms with Crippen LogP contribution in [0, 0.1) is 5.92 Å². The second-order valence-corrected chi connectivity index (χ2v) is 5.04. The maximum Gasteiger partial charge on any atom is 0.318 e. The molecule has 0 atom stereocenters. The number of hydrogen-bond donors (Lipinski definition) is 2. The molecule has 5 heteroatoms. The number of amides is 2. The second-order valence-electron chi connectivity index (χ2n) is 5.04. The summed E-state index contributed by atoms with van der Waals surface area (Å²) in [6, 6.07) is 5.58. The molecule has 0 aromatic heterocycles. The van der Waals surface area contributed by atoms with E-state index in [1.165, 1.54) is 12.8 Å². The summed E-state index contributed by atoms with van der Waals surface area (Å²) in [6.07, 6.45) is 6.97. The molecule has 21 heavy (non-hydrogen) atoms. The molecular weight excluding hydrogens is 268 g/mol. The van der Waals surface area contributed by atoms with Crippen molar-refractivity contribution in [3.63, 3.8) is 0 Å². The maximum atomic E-state index is 11.5. The zero-order chi connectivity index (χ0) is 15.1. The number of nitrogens with one attached hydrogen (secondary N) is 2. The first-order chi connectivity index (χ1) is 10.2. The minimum absolute atomic E-state index is 0.174. The molecule has 114 valence electrons. The smallest absolute Gasteiger partial charge is 0.318 e. The topological polar surface area (TPSA) is 59.6 Å². The molecule has 1 aliphatic carbocycles. The van der Waals surface area contributed by atoms with Crippen LogP contribution in [0.15, 0.2) is 30.5 Å². The number of rotatable bonds is 7. The van der Waals surface area contributed by atoms with Crippen molar-refractivity contribution in [2.75, 3.05) is 20.8 Å². The molecule has 2 N–H and O–H groups in total. The Balaban J connectivity index is 1.73. The Kier molecular flexibility index (Phi) is 5.49. The SMILES string of the molecule is COc1ccc(CCNC(=O)N/C=C/C2CC2)cc1OC. The van der Waals surface area contributed by atoms with Crippen LogP contribution in [0.25, 0.3) is 0 Å². The predicted octanol–water partition coefficient (Wildman–Crippen LogP) is 2.47. The summed E-state index contributed by atoms with van der Waals surface area (Å²) in [5.41, 5.74) is 1.08. The van der Waals surface area contributed by atoms with Crippen molar-refractivity contribution < 1.29 is 14.3 Å². The van der Waals surface area contributed by atoms with Crippen molar-refractivity contribution in [1.82, 2.24) is 10.6 Å². The van der Waals surface area contributed by atoms with Gasteiger partial charge in [0.2, 0.25) is 0 Å². The van der Waals surface area contributed by atoms with Gasteiger partial charge < -0.3 is 20.1 Å². The summed E-state index contributed by atoms with van der Waals surface area (Å²) in [4.78, 5) is 11.5. The zero-order valence-electron chi connectivity index (χ0n) is 12.5. The molecule has 0 radical (unpaired) electrons. The largest absolute Gasteiger partial charge is 0.493 e. The predicted molar refractivity (Wildman–Crippen MR) is 81.6 cm³/mol. The summed E-state index contributed by atoms with van der Waals surface area (Å²) in [5, 5.41) is 5.52. The summed E-state index contributed by atoms with van der Waals surface area (Å²) in [6.45, 7) is 0.568. The van der Waals surface area contributed by atoms with Gasteiger partial charge in [0.05, 0.1) is 14.2 Å². The third-order valence-corrected chi connectivity index (χ3v) is 3.35. The van der Waals surface area contributed by atoms with Gasteiger partial charge in [-0.15, -0.1) is 0 Å². The van der Waals surface area contributed by atoms with Crippen LogP contribution in [-0.4, -0.2) is 26.8 Å². The lowest BCUT2D eigenvalue weighted by molar-refractivity contribution is 0.244. The second kappa shape index (κ2) is 7.57. The van der Waals surface area contributed by atoms with Gasteiger partial charge in [0.1, 0.15) is 0 Å². The van der Waals surface area contributed by atoms with Gasteiger partial charge in [0, 0.05) is 12.7 Å². The molecule has 1 aromatic carbocycles. The molecular formula is C16H22N2O3. The fourth-order valence-electron chi connectivity index (χ4n) is 1.96. The average Bonchev–Trinajstić information content (AvgIpc) is 3.31. The van der Waals surface area contributed by atoms with E-state index in [-0.39, 0.29) is 6.03 Å². The van der Waals surface area contributed by atoms with E-state index in [2.05, 4.69) is 10.6 Å². The first-order valence-electron chi connectivity index (χ1n) is 7.15. The lowest BCUT2D eigenvalue weighted by Gasteiger charge is -2.10. The normalized spacial score (nSPS) is 14.0. The molecule has 2 amide bonds. The van der Waals surface area contributed by atoms with Crippen LogP contribution in [0.1, 0.15) is 18.4 Å². The number of carbonyl (C=O) groups excluding carboxylic acids is 1. The maximum absolute atomic E-state index is 11.5. The Morgan fingerprint density at radius 2 is 2.05 bits per heavy atom. The Hall–Kier alpha value is -2.17. The Bertz CT molecular complexity index is 510. The number of allylic oxidation sites excluding steroid dienone is 1. The third kappa shape index (κ3) is 5.02. The van der Waals surface area contributed by atoms with Crippen molar-refractivity contribution in [3.8, 4) is 11.5 Å². The fraction of sp³-hybridized carbons (Fsp3) is 0.438. The quantitative estimate of drug-likeness (QED) is 0.811. The van der Waals surface area contributed by atoms with Crippen molar-refractivity contribution in [2.45, 2.75) is 19.3 Å². The molecule has 0 aliphatic heterocycles. The van der Waals surface area contributed by atoms with E-state index in [1.807, 2.05) is 24.3 Å². The molecule has 1 aromatic rings. The first kappa shape index (κ1) is 15.2. The average molecular weight is 290 g/mol. The van der Waals surface area contributed by atoms with Crippen molar-refractivity contribution in [2.24, 2.45) is 5.92 Å². The number of hydrogen-bond acceptors (Lipinski definition) is 3. The molecule has 2 rings (SSSR count). The van der Waals surface area contributed by atoms with E-state index >= 15 is 0 Å². The van der Waals surface area contributed by atoms with Gasteiger partial charge in [0.15, 0.2) is 11.5 Å². The Morgan fingerprint density at radius 3 is 2.71 bits per heavy atom.